The Morgan fingerprint density at radius 1 is 1.25 bits per heavy atom. The molecule has 2 N–H and O–H groups in total. The minimum atomic E-state index is 0.526. The van der Waals surface area contributed by atoms with Gasteiger partial charge < -0.3 is 10.3 Å². The van der Waals surface area contributed by atoms with Gasteiger partial charge in [0.1, 0.15) is 5.82 Å². The smallest absolute Gasteiger partial charge is 0.196 e. The van der Waals surface area contributed by atoms with Crippen LogP contribution in [0.25, 0.3) is 0 Å². The lowest BCUT2D eigenvalue weighted by Gasteiger charge is -2.09. The molecule has 0 aromatic carbocycles. The zero-order valence-electron chi connectivity index (χ0n) is 11.2. The molecule has 0 radical (unpaired) electrons. The van der Waals surface area contributed by atoms with Gasteiger partial charge in [-0.25, -0.2) is 0 Å². The molecule has 2 aromatic rings. The van der Waals surface area contributed by atoms with E-state index < -0.39 is 0 Å². The molecule has 2 saturated carbocycles. The summed E-state index contributed by atoms with van der Waals surface area (Å²) in [6.07, 6.45) is 8.68. The fraction of sp³-hybridized carbons (Fsp3) is 0.500. The molecule has 0 spiro atoms. The molecule has 5 nitrogen and oxygen atoms in total. The second-order valence-electron chi connectivity index (χ2n) is 5.51. The fourth-order valence-corrected chi connectivity index (χ4v) is 3.44. The summed E-state index contributed by atoms with van der Waals surface area (Å²) in [5, 5.41) is 9.85. The zero-order chi connectivity index (χ0) is 13.5. The fourth-order valence-electron chi connectivity index (χ4n) is 2.42. The number of aromatic nitrogens is 4. The molecule has 2 heterocycles. The summed E-state index contributed by atoms with van der Waals surface area (Å²) in [6, 6.07) is 2.59. The molecule has 0 amide bonds. The molecule has 104 valence electrons. The van der Waals surface area contributed by atoms with Crippen LogP contribution in [-0.2, 0) is 6.54 Å². The Hall–Kier alpha value is -1.40. The second kappa shape index (κ2) is 4.86. The van der Waals surface area contributed by atoms with Crippen LogP contribution in [0.3, 0.4) is 0 Å². The Morgan fingerprint density at radius 3 is 2.80 bits per heavy atom. The van der Waals surface area contributed by atoms with E-state index >= 15 is 0 Å². The molecule has 0 saturated heterocycles. The largest absolute Gasteiger partial charge is 0.326 e. The van der Waals surface area contributed by atoms with Gasteiger partial charge in [0.2, 0.25) is 0 Å². The molecular formula is C14H17N5S. The van der Waals surface area contributed by atoms with Crippen molar-refractivity contribution in [1.82, 2.24) is 19.7 Å². The lowest BCUT2D eigenvalue weighted by molar-refractivity contribution is 0.627. The van der Waals surface area contributed by atoms with E-state index in [1.54, 1.807) is 18.0 Å². The van der Waals surface area contributed by atoms with Crippen LogP contribution in [-0.4, -0.2) is 19.7 Å². The van der Waals surface area contributed by atoms with Crippen LogP contribution in [0.2, 0.25) is 0 Å². The average molecular weight is 287 g/mol. The summed E-state index contributed by atoms with van der Waals surface area (Å²) < 4.78 is 2.36. The van der Waals surface area contributed by atoms with Crippen LogP contribution in [0.15, 0.2) is 28.5 Å². The van der Waals surface area contributed by atoms with E-state index in [2.05, 4.69) is 19.7 Å². The summed E-state index contributed by atoms with van der Waals surface area (Å²) in [6.45, 7) is 0.526. The summed E-state index contributed by atoms with van der Waals surface area (Å²) in [4.78, 5) is 5.29. The number of hydrogen-bond donors (Lipinski definition) is 1. The van der Waals surface area contributed by atoms with Crippen molar-refractivity contribution in [1.29, 1.82) is 0 Å². The van der Waals surface area contributed by atoms with Crippen LogP contribution >= 0.6 is 11.8 Å². The van der Waals surface area contributed by atoms with Gasteiger partial charge in [0.05, 0.1) is 0 Å². The molecule has 2 fully saturated rings. The van der Waals surface area contributed by atoms with Crippen molar-refractivity contribution in [2.24, 2.45) is 5.73 Å². The lowest BCUT2D eigenvalue weighted by Crippen LogP contribution is -2.03. The Labute approximate surface area is 122 Å². The molecule has 6 heteroatoms. The SMILES string of the molecule is NCc1ccncc1Sc1nnc(C2CC2)n1C1CC1. The van der Waals surface area contributed by atoms with Crippen molar-refractivity contribution in [2.75, 3.05) is 0 Å². The Morgan fingerprint density at radius 2 is 2.10 bits per heavy atom. The molecule has 0 bridgehead atoms. The van der Waals surface area contributed by atoms with E-state index in [0.717, 1.165) is 15.6 Å². The molecule has 2 aliphatic rings. The third-order valence-corrected chi connectivity index (χ3v) is 4.89. The molecule has 20 heavy (non-hydrogen) atoms. The Bertz CT molecular complexity index is 630. The minimum Gasteiger partial charge on any atom is -0.326 e. The molecule has 2 aliphatic carbocycles. The van der Waals surface area contributed by atoms with Gasteiger partial charge in [0.25, 0.3) is 0 Å². The number of nitrogens with two attached hydrogens (primary N) is 1. The molecule has 2 aromatic heterocycles. The third-order valence-electron chi connectivity index (χ3n) is 3.84. The molecule has 4 rings (SSSR count). The van der Waals surface area contributed by atoms with Crippen molar-refractivity contribution in [3.05, 3.63) is 29.8 Å². The first-order chi connectivity index (χ1) is 9.86. The lowest BCUT2D eigenvalue weighted by atomic mass is 10.3. The molecule has 0 unspecified atom stereocenters. The van der Waals surface area contributed by atoms with Crippen molar-refractivity contribution in [3.8, 4) is 0 Å². The highest BCUT2D eigenvalue weighted by atomic mass is 32.2. The first-order valence-electron chi connectivity index (χ1n) is 7.12. The first-order valence-corrected chi connectivity index (χ1v) is 7.94. The summed E-state index contributed by atoms with van der Waals surface area (Å²) in [7, 11) is 0. The van der Waals surface area contributed by atoms with Crippen LogP contribution < -0.4 is 5.73 Å². The maximum atomic E-state index is 5.79. The molecule has 0 atom stereocenters. The minimum absolute atomic E-state index is 0.526. The Balaban J connectivity index is 1.68. The maximum Gasteiger partial charge on any atom is 0.196 e. The van der Waals surface area contributed by atoms with E-state index in [0.29, 0.717) is 18.5 Å². The highest BCUT2D eigenvalue weighted by Gasteiger charge is 2.36. The number of rotatable bonds is 5. The van der Waals surface area contributed by atoms with Crippen molar-refractivity contribution in [3.63, 3.8) is 0 Å². The van der Waals surface area contributed by atoms with E-state index in [-0.39, 0.29) is 0 Å². The molecule has 0 aliphatic heterocycles. The average Bonchev–Trinajstić information content (AvgIpc) is 3.39. The highest BCUT2D eigenvalue weighted by Crippen LogP contribution is 2.46. The number of hydrogen-bond acceptors (Lipinski definition) is 5. The zero-order valence-corrected chi connectivity index (χ0v) is 12.0. The van der Waals surface area contributed by atoms with Gasteiger partial charge in [-0.2, -0.15) is 0 Å². The first kappa shape index (κ1) is 12.3. The topological polar surface area (TPSA) is 69.6 Å². The van der Waals surface area contributed by atoms with Crippen LogP contribution in [0.1, 0.15) is 49.0 Å². The Kier molecular flexibility index (Phi) is 3.00. The summed E-state index contributed by atoms with van der Waals surface area (Å²) in [5.41, 5.74) is 6.91. The predicted octanol–water partition coefficient (Wildman–Crippen LogP) is 2.50. The van der Waals surface area contributed by atoms with Gasteiger partial charge in [0.15, 0.2) is 5.16 Å². The van der Waals surface area contributed by atoms with Gasteiger partial charge in [-0.3, -0.25) is 4.98 Å². The van der Waals surface area contributed by atoms with Gasteiger partial charge in [-0.15, -0.1) is 10.2 Å². The normalized spacial score (nSPS) is 18.4. The monoisotopic (exact) mass is 287 g/mol. The van der Waals surface area contributed by atoms with E-state index in [9.17, 15) is 0 Å². The van der Waals surface area contributed by atoms with Gasteiger partial charge in [-0.1, -0.05) is 0 Å². The van der Waals surface area contributed by atoms with Crippen molar-refractivity contribution in [2.45, 2.75) is 54.2 Å². The van der Waals surface area contributed by atoms with Gasteiger partial charge >= 0.3 is 0 Å². The van der Waals surface area contributed by atoms with E-state index in [4.69, 9.17) is 5.73 Å². The van der Waals surface area contributed by atoms with E-state index in [1.807, 2.05) is 12.3 Å². The highest BCUT2D eigenvalue weighted by molar-refractivity contribution is 7.99. The van der Waals surface area contributed by atoms with Crippen LogP contribution in [0, 0.1) is 0 Å². The quantitative estimate of drug-likeness (QED) is 0.915. The molecular weight excluding hydrogens is 270 g/mol. The number of pyridine rings is 1. The standard InChI is InChI=1S/C14H17N5S/c15-7-10-5-6-16-8-12(10)20-14-18-17-13(9-1-2-9)19(14)11-3-4-11/h5-6,8-9,11H,1-4,7,15H2. The van der Waals surface area contributed by atoms with Crippen LogP contribution in [0.4, 0.5) is 0 Å². The van der Waals surface area contributed by atoms with E-state index in [1.165, 1.54) is 31.5 Å². The van der Waals surface area contributed by atoms with Gasteiger partial charge in [0, 0.05) is 35.8 Å². The summed E-state index contributed by atoms with van der Waals surface area (Å²) >= 11 is 1.65. The predicted molar refractivity (Wildman–Crippen MR) is 76.5 cm³/mol. The van der Waals surface area contributed by atoms with Crippen molar-refractivity contribution < 1.29 is 0 Å². The van der Waals surface area contributed by atoms with Crippen LogP contribution in [0.5, 0.6) is 0 Å². The maximum absolute atomic E-state index is 5.79. The van der Waals surface area contributed by atoms with Crippen molar-refractivity contribution >= 4 is 11.8 Å². The number of nitrogens with zero attached hydrogens (tertiary/aromatic N) is 4. The van der Waals surface area contributed by atoms with Gasteiger partial charge in [-0.05, 0) is 49.1 Å². The third kappa shape index (κ3) is 2.23. The summed E-state index contributed by atoms with van der Waals surface area (Å²) in [5.74, 6) is 1.83. The second-order valence-corrected chi connectivity index (χ2v) is 6.51.